The van der Waals surface area contributed by atoms with Crippen molar-refractivity contribution in [3.05, 3.63) is 55.7 Å². The third-order valence-corrected chi connectivity index (χ3v) is 5.36. The first-order valence-electron chi connectivity index (χ1n) is 5.04. The molecule has 1 aromatic heterocycles. The maximum Gasteiger partial charge on any atom is 0.0740 e. The number of benzene rings is 1. The van der Waals surface area contributed by atoms with Crippen LogP contribution in [-0.2, 0) is 0 Å². The molecule has 0 amide bonds. The van der Waals surface area contributed by atoms with Crippen molar-refractivity contribution in [1.82, 2.24) is 0 Å². The van der Waals surface area contributed by atoms with Crippen molar-refractivity contribution < 1.29 is 0 Å². The fraction of sp³-hybridized carbons (Fsp3) is 0.231. The number of thiophene rings is 1. The van der Waals surface area contributed by atoms with E-state index in [0.717, 1.165) is 4.47 Å². The molecule has 84 valence electrons. The average molecular weight is 360 g/mol. The lowest BCUT2D eigenvalue weighted by Crippen LogP contribution is -1.93. The highest BCUT2D eigenvalue weighted by atomic mass is 79.9. The molecule has 2 aromatic rings. The molecule has 0 aliphatic heterocycles. The molecule has 0 fully saturated rings. The molecule has 0 saturated heterocycles. The zero-order chi connectivity index (χ0) is 11.7. The first kappa shape index (κ1) is 12.3. The van der Waals surface area contributed by atoms with Gasteiger partial charge in [0.05, 0.1) is 4.83 Å². The summed E-state index contributed by atoms with van der Waals surface area (Å²) in [7, 11) is 0. The van der Waals surface area contributed by atoms with Gasteiger partial charge in [-0.3, -0.25) is 0 Å². The largest absolute Gasteiger partial charge is 0.144 e. The third kappa shape index (κ3) is 2.58. The van der Waals surface area contributed by atoms with Gasteiger partial charge in [-0.2, -0.15) is 0 Å². The highest BCUT2D eigenvalue weighted by Gasteiger charge is 2.14. The molecule has 0 nitrogen and oxygen atoms in total. The van der Waals surface area contributed by atoms with Crippen LogP contribution < -0.4 is 0 Å². The molecule has 0 saturated carbocycles. The molecule has 1 aromatic carbocycles. The summed E-state index contributed by atoms with van der Waals surface area (Å²) in [4.78, 5) is 3.02. The average Bonchev–Trinajstić information content (AvgIpc) is 2.64. The SMILES string of the molecule is Cc1ccc(C(Br)c2ccc(Br)cc2C)s1. The number of aryl methyl sites for hydroxylation is 2. The highest BCUT2D eigenvalue weighted by Crippen LogP contribution is 2.37. The summed E-state index contributed by atoms with van der Waals surface area (Å²) in [5.41, 5.74) is 2.65. The van der Waals surface area contributed by atoms with E-state index in [1.165, 1.54) is 20.9 Å². The van der Waals surface area contributed by atoms with Crippen molar-refractivity contribution in [2.45, 2.75) is 18.7 Å². The van der Waals surface area contributed by atoms with Crippen LogP contribution in [0, 0.1) is 13.8 Å². The van der Waals surface area contributed by atoms with Crippen LogP contribution in [0.1, 0.15) is 25.7 Å². The van der Waals surface area contributed by atoms with Gasteiger partial charge in [0, 0.05) is 14.2 Å². The van der Waals surface area contributed by atoms with Gasteiger partial charge in [0.1, 0.15) is 0 Å². The van der Waals surface area contributed by atoms with Crippen LogP contribution in [0.5, 0.6) is 0 Å². The van der Waals surface area contributed by atoms with E-state index in [1.807, 2.05) is 11.3 Å². The second kappa shape index (κ2) is 5.03. The molecule has 0 N–H and O–H groups in total. The van der Waals surface area contributed by atoms with E-state index in [2.05, 4.69) is 76.0 Å². The van der Waals surface area contributed by atoms with Gasteiger partial charge in [0.2, 0.25) is 0 Å². The van der Waals surface area contributed by atoms with E-state index in [1.54, 1.807) is 0 Å². The zero-order valence-electron chi connectivity index (χ0n) is 9.13. The predicted molar refractivity (Wildman–Crippen MR) is 78.7 cm³/mol. The van der Waals surface area contributed by atoms with Gasteiger partial charge in [-0.05, 0) is 49.2 Å². The Kier molecular flexibility index (Phi) is 3.88. The minimum absolute atomic E-state index is 0.305. The Morgan fingerprint density at radius 1 is 1.12 bits per heavy atom. The van der Waals surface area contributed by atoms with Crippen LogP contribution in [0.4, 0.5) is 0 Å². The summed E-state index contributed by atoms with van der Waals surface area (Å²) in [6.07, 6.45) is 0. The van der Waals surface area contributed by atoms with Gasteiger partial charge < -0.3 is 0 Å². The summed E-state index contributed by atoms with van der Waals surface area (Å²) in [6.45, 7) is 4.29. The lowest BCUT2D eigenvalue weighted by atomic mass is 10.1. The Bertz CT molecular complexity index is 502. The second-order valence-electron chi connectivity index (χ2n) is 3.81. The van der Waals surface area contributed by atoms with E-state index in [4.69, 9.17) is 0 Å². The summed E-state index contributed by atoms with van der Waals surface area (Å²) >= 11 is 9.12. The van der Waals surface area contributed by atoms with E-state index >= 15 is 0 Å². The topological polar surface area (TPSA) is 0 Å². The van der Waals surface area contributed by atoms with Gasteiger partial charge in [0.25, 0.3) is 0 Å². The number of hydrogen-bond acceptors (Lipinski definition) is 1. The quantitative estimate of drug-likeness (QED) is 0.611. The van der Waals surface area contributed by atoms with Gasteiger partial charge >= 0.3 is 0 Å². The fourth-order valence-corrected chi connectivity index (χ4v) is 3.96. The molecule has 0 spiro atoms. The third-order valence-electron chi connectivity index (χ3n) is 2.52. The fourth-order valence-electron chi connectivity index (χ4n) is 1.67. The molecule has 0 radical (unpaired) electrons. The normalized spacial score (nSPS) is 12.8. The van der Waals surface area contributed by atoms with Crippen molar-refractivity contribution in [3.63, 3.8) is 0 Å². The summed E-state index contributed by atoms with van der Waals surface area (Å²) in [5.74, 6) is 0. The van der Waals surface area contributed by atoms with Gasteiger partial charge in [-0.25, -0.2) is 0 Å². The number of hydrogen-bond donors (Lipinski definition) is 0. The highest BCUT2D eigenvalue weighted by molar-refractivity contribution is 9.10. The van der Waals surface area contributed by atoms with Crippen molar-refractivity contribution in [3.8, 4) is 0 Å². The van der Waals surface area contributed by atoms with E-state index < -0.39 is 0 Å². The Labute approximate surface area is 117 Å². The van der Waals surface area contributed by atoms with E-state index in [0.29, 0.717) is 4.83 Å². The van der Waals surface area contributed by atoms with E-state index in [-0.39, 0.29) is 0 Å². The molecule has 0 aliphatic carbocycles. The number of rotatable bonds is 2. The first-order valence-corrected chi connectivity index (χ1v) is 7.57. The van der Waals surface area contributed by atoms with Crippen LogP contribution >= 0.6 is 43.2 Å². The molecule has 1 heterocycles. The molecule has 1 atom stereocenters. The van der Waals surface area contributed by atoms with Gasteiger partial charge in [-0.1, -0.05) is 37.9 Å². The monoisotopic (exact) mass is 358 g/mol. The Hall–Kier alpha value is -0.120. The van der Waals surface area contributed by atoms with Crippen LogP contribution in [-0.4, -0.2) is 0 Å². The van der Waals surface area contributed by atoms with Crippen molar-refractivity contribution in [2.75, 3.05) is 0 Å². The molecule has 0 aliphatic rings. The van der Waals surface area contributed by atoms with Crippen LogP contribution in [0.25, 0.3) is 0 Å². The van der Waals surface area contributed by atoms with Crippen LogP contribution in [0.3, 0.4) is 0 Å². The van der Waals surface area contributed by atoms with Crippen molar-refractivity contribution in [2.24, 2.45) is 0 Å². The standard InChI is InChI=1S/C13H12Br2S/c1-8-7-10(14)4-5-11(8)13(15)12-6-3-9(2)16-12/h3-7,13H,1-2H3. The molecule has 3 heteroatoms. The lowest BCUT2D eigenvalue weighted by Gasteiger charge is -2.11. The van der Waals surface area contributed by atoms with Crippen molar-refractivity contribution in [1.29, 1.82) is 0 Å². The maximum atomic E-state index is 3.78. The molecular formula is C13H12Br2S. The number of halogens is 2. The Morgan fingerprint density at radius 3 is 2.44 bits per heavy atom. The summed E-state index contributed by atoms with van der Waals surface area (Å²) in [6, 6.07) is 10.8. The molecule has 0 bridgehead atoms. The maximum absolute atomic E-state index is 3.78. The Morgan fingerprint density at radius 2 is 1.88 bits per heavy atom. The van der Waals surface area contributed by atoms with Gasteiger partial charge in [-0.15, -0.1) is 11.3 Å². The molecule has 2 rings (SSSR count). The predicted octanol–water partition coefficient (Wildman–Crippen LogP) is 5.61. The smallest absolute Gasteiger partial charge is 0.0740 e. The second-order valence-corrected chi connectivity index (χ2v) is 6.96. The molecule has 16 heavy (non-hydrogen) atoms. The number of alkyl halides is 1. The van der Waals surface area contributed by atoms with E-state index in [9.17, 15) is 0 Å². The Balaban J connectivity index is 2.37. The van der Waals surface area contributed by atoms with Crippen molar-refractivity contribution >= 4 is 43.2 Å². The van der Waals surface area contributed by atoms with Crippen LogP contribution in [0.15, 0.2) is 34.8 Å². The van der Waals surface area contributed by atoms with Gasteiger partial charge in [0.15, 0.2) is 0 Å². The first-order chi connectivity index (χ1) is 7.58. The van der Waals surface area contributed by atoms with Crippen LogP contribution in [0.2, 0.25) is 0 Å². The summed E-state index contributed by atoms with van der Waals surface area (Å²) < 4.78 is 1.14. The zero-order valence-corrected chi connectivity index (χ0v) is 13.1. The molecular weight excluding hydrogens is 348 g/mol. The summed E-state index contributed by atoms with van der Waals surface area (Å²) in [5, 5.41) is 0. The lowest BCUT2D eigenvalue weighted by molar-refractivity contribution is 1.17. The molecule has 1 unspecified atom stereocenters. The minimum atomic E-state index is 0.305. The minimum Gasteiger partial charge on any atom is -0.144 e.